The molecule has 126 valence electrons. The summed E-state index contributed by atoms with van der Waals surface area (Å²) in [5.74, 6) is 0.375. The summed E-state index contributed by atoms with van der Waals surface area (Å²) in [6.45, 7) is 6.32. The summed E-state index contributed by atoms with van der Waals surface area (Å²) >= 11 is 0. The molecule has 0 unspecified atom stereocenters. The number of likely N-dealkylation sites (tertiary alicyclic amines) is 1. The number of piperidine rings is 1. The monoisotopic (exact) mass is 320 g/mol. The maximum Gasteiger partial charge on any atom is 0.227 e. The quantitative estimate of drug-likeness (QED) is 0.850. The Bertz CT molecular complexity index is 532. The number of halogens is 1. The predicted octanol–water partition coefficient (Wildman–Crippen LogP) is 1.94. The van der Waals surface area contributed by atoms with Crippen molar-refractivity contribution < 1.29 is 13.9 Å². The van der Waals surface area contributed by atoms with E-state index >= 15 is 0 Å². The van der Waals surface area contributed by atoms with Gasteiger partial charge in [-0.2, -0.15) is 0 Å². The maximum absolute atomic E-state index is 13.2. The van der Waals surface area contributed by atoms with Gasteiger partial charge in [-0.3, -0.25) is 9.69 Å². The highest BCUT2D eigenvalue weighted by atomic mass is 19.1. The molecule has 1 aromatic rings. The van der Waals surface area contributed by atoms with Crippen LogP contribution >= 0.6 is 0 Å². The van der Waals surface area contributed by atoms with E-state index in [2.05, 4.69) is 4.90 Å². The lowest BCUT2D eigenvalue weighted by Crippen LogP contribution is -2.46. The maximum atomic E-state index is 13.2. The van der Waals surface area contributed by atoms with E-state index in [0.717, 1.165) is 57.9 Å². The third-order valence-electron chi connectivity index (χ3n) is 4.74. The van der Waals surface area contributed by atoms with Crippen LogP contribution in [0.5, 0.6) is 0 Å². The lowest BCUT2D eigenvalue weighted by atomic mass is 9.96. The fourth-order valence-corrected chi connectivity index (χ4v) is 3.52. The van der Waals surface area contributed by atoms with Crippen LogP contribution in [0.15, 0.2) is 24.3 Å². The molecule has 1 aromatic carbocycles. The second-order valence-electron chi connectivity index (χ2n) is 6.57. The van der Waals surface area contributed by atoms with Gasteiger partial charge in [-0.05, 0) is 36.5 Å². The second kappa shape index (κ2) is 7.88. The van der Waals surface area contributed by atoms with Crippen LogP contribution in [0, 0.1) is 11.7 Å². The average molecular weight is 320 g/mol. The highest BCUT2D eigenvalue weighted by Gasteiger charge is 2.25. The highest BCUT2D eigenvalue weighted by Crippen LogP contribution is 2.19. The topological polar surface area (TPSA) is 32.8 Å². The Labute approximate surface area is 137 Å². The van der Waals surface area contributed by atoms with Crippen molar-refractivity contribution >= 4 is 5.91 Å². The van der Waals surface area contributed by atoms with Crippen molar-refractivity contribution in [3.05, 3.63) is 35.6 Å². The smallest absolute Gasteiger partial charge is 0.227 e. The number of carbonyl (C=O) groups is 1. The van der Waals surface area contributed by atoms with Crippen molar-refractivity contribution in [2.75, 3.05) is 45.9 Å². The molecule has 2 aliphatic heterocycles. The van der Waals surface area contributed by atoms with Crippen molar-refractivity contribution in [2.45, 2.75) is 19.3 Å². The third kappa shape index (κ3) is 4.75. The first-order valence-electron chi connectivity index (χ1n) is 8.53. The van der Waals surface area contributed by atoms with Crippen molar-refractivity contribution in [3.8, 4) is 0 Å². The van der Waals surface area contributed by atoms with Crippen LogP contribution < -0.4 is 0 Å². The minimum absolute atomic E-state index is 0.113. The Morgan fingerprint density at radius 3 is 2.87 bits per heavy atom. The summed E-state index contributed by atoms with van der Waals surface area (Å²) in [6, 6.07) is 6.34. The molecule has 5 heteroatoms. The van der Waals surface area contributed by atoms with Gasteiger partial charge in [0.1, 0.15) is 5.82 Å². The molecule has 2 aliphatic rings. The molecule has 0 aromatic heterocycles. The average Bonchev–Trinajstić information content (AvgIpc) is 2.56. The molecule has 2 saturated heterocycles. The van der Waals surface area contributed by atoms with Crippen LogP contribution in [-0.2, 0) is 16.0 Å². The summed E-state index contributed by atoms with van der Waals surface area (Å²) in [5, 5.41) is 0. The molecular weight excluding hydrogens is 295 g/mol. The van der Waals surface area contributed by atoms with Gasteiger partial charge in [0.2, 0.25) is 5.91 Å². The van der Waals surface area contributed by atoms with Crippen LogP contribution in [0.25, 0.3) is 0 Å². The predicted molar refractivity (Wildman–Crippen MR) is 86.7 cm³/mol. The Balaban J connectivity index is 1.51. The van der Waals surface area contributed by atoms with Gasteiger partial charge in [0.15, 0.2) is 0 Å². The third-order valence-corrected chi connectivity index (χ3v) is 4.74. The van der Waals surface area contributed by atoms with E-state index in [1.807, 2.05) is 11.0 Å². The second-order valence-corrected chi connectivity index (χ2v) is 6.57. The molecule has 1 amide bonds. The van der Waals surface area contributed by atoms with Crippen LogP contribution in [0.4, 0.5) is 4.39 Å². The van der Waals surface area contributed by atoms with Crippen LogP contribution in [0.3, 0.4) is 0 Å². The zero-order valence-electron chi connectivity index (χ0n) is 13.5. The number of hydrogen-bond donors (Lipinski definition) is 0. The number of hydrogen-bond acceptors (Lipinski definition) is 3. The summed E-state index contributed by atoms with van der Waals surface area (Å²) < 4.78 is 18.6. The Hall–Kier alpha value is -1.46. The first kappa shape index (κ1) is 16.4. The molecule has 0 aliphatic carbocycles. The number of amides is 1. The van der Waals surface area contributed by atoms with Gasteiger partial charge in [0.05, 0.1) is 19.6 Å². The van der Waals surface area contributed by atoms with Crippen molar-refractivity contribution in [2.24, 2.45) is 5.92 Å². The van der Waals surface area contributed by atoms with E-state index in [4.69, 9.17) is 4.74 Å². The summed E-state index contributed by atoms with van der Waals surface area (Å²) in [5.41, 5.74) is 0.755. The van der Waals surface area contributed by atoms with Crippen LogP contribution in [-0.4, -0.2) is 61.6 Å². The van der Waals surface area contributed by atoms with Crippen LogP contribution in [0.1, 0.15) is 18.4 Å². The molecule has 2 fully saturated rings. The zero-order valence-corrected chi connectivity index (χ0v) is 13.5. The molecular formula is C18H25FN2O2. The number of carbonyl (C=O) groups excluding carboxylic acids is 1. The Morgan fingerprint density at radius 1 is 1.26 bits per heavy atom. The minimum Gasteiger partial charge on any atom is -0.379 e. The summed E-state index contributed by atoms with van der Waals surface area (Å²) in [6.07, 6.45) is 2.53. The molecule has 0 N–H and O–H groups in total. The highest BCUT2D eigenvalue weighted by molar-refractivity contribution is 5.78. The number of ether oxygens (including phenoxy) is 1. The molecule has 23 heavy (non-hydrogen) atoms. The minimum atomic E-state index is -0.279. The molecule has 0 spiro atoms. The van der Waals surface area contributed by atoms with Gasteiger partial charge in [0.25, 0.3) is 0 Å². The molecule has 1 atom stereocenters. The van der Waals surface area contributed by atoms with E-state index in [1.54, 1.807) is 6.07 Å². The fourth-order valence-electron chi connectivity index (χ4n) is 3.52. The first-order chi connectivity index (χ1) is 11.2. The van der Waals surface area contributed by atoms with E-state index in [-0.39, 0.29) is 11.7 Å². The molecule has 4 nitrogen and oxygen atoms in total. The fraction of sp³-hybridized carbons (Fsp3) is 0.611. The van der Waals surface area contributed by atoms with Crippen molar-refractivity contribution in [3.63, 3.8) is 0 Å². The summed E-state index contributed by atoms with van der Waals surface area (Å²) in [7, 11) is 0. The largest absolute Gasteiger partial charge is 0.379 e. The molecule has 3 rings (SSSR count). The number of rotatable bonds is 4. The first-order valence-corrected chi connectivity index (χ1v) is 8.53. The lowest BCUT2D eigenvalue weighted by Gasteiger charge is -2.36. The Kier molecular flexibility index (Phi) is 5.62. The molecule has 0 bridgehead atoms. The van der Waals surface area contributed by atoms with Crippen LogP contribution in [0.2, 0.25) is 0 Å². The van der Waals surface area contributed by atoms with Gasteiger partial charge in [-0.25, -0.2) is 4.39 Å². The SMILES string of the molecule is O=C(Cc1cccc(F)c1)N1CCC[C@H](CN2CCOCC2)C1. The molecule has 0 saturated carbocycles. The van der Waals surface area contributed by atoms with Gasteiger partial charge in [-0.1, -0.05) is 12.1 Å². The normalized spacial score (nSPS) is 23.0. The number of morpholine rings is 1. The van der Waals surface area contributed by atoms with E-state index < -0.39 is 0 Å². The number of benzene rings is 1. The molecule has 0 radical (unpaired) electrons. The van der Waals surface area contributed by atoms with Crippen molar-refractivity contribution in [1.82, 2.24) is 9.80 Å². The van der Waals surface area contributed by atoms with Gasteiger partial charge >= 0.3 is 0 Å². The van der Waals surface area contributed by atoms with E-state index in [0.29, 0.717) is 12.3 Å². The number of nitrogens with zero attached hydrogens (tertiary/aromatic N) is 2. The van der Waals surface area contributed by atoms with Gasteiger partial charge in [0, 0.05) is 32.7 Å². The van der Waals surface area contributed by atoms with Crippen molar-refractivity contribution in [1.29, 1.82) is 0 Å². The zero-order chi connectivity index (χ0) is 16.1. The summed E-state index contributed by atoms with van der Waals surface area (Å²) in [4.78, 5) is 16.9. The molecule has 2 heterocycles. The van der Waals surface area contributed by atoms with Gasteiger partial charge in [-0.15, -0.1) is 0 Å². The van der Waals surface area contributed by atoms with E-state index in [9.17, 15) is 9.18 Å². The van der Waals surface area contributed by atoms with Gasteiger partial charge < -0.3 is 9.64 Å². The Morgan fingerprint density at radius 2 is 2.09 bits per heavy atom. The standard InChI is InChI=1S/C18H25FN2O2/c19-17-5-1-3-15(11-17)12-18(22)21-6-2-4-16(14-21)13-20-7-9-23-10-8-20/h1,3,5,11,16H,2,4,6-10,12-14H2/t16-/m1/s1. The van der Waals surface area contributed by atoms with E-state index in [1.165, 1.54) is 18.6 Å². The lowest BCUT2D eigenvalue weighted by molar-refractivity contribution is -0.132.